The summed E-state index contributed by atoms with van der Waals surface area (Å²) in [5.41, 5.74) is 0.524. The molecule has 1 aromatic rings. The zero-order valence-corrected chi connectivity index (χ0v) is 13.0. The molecule has 1 aromatic carbocycles. The first-order valence-electron chi connectivity index (χ1n) is 7.61. The van der Waals surface area contributed by atoms with E-state index in [2.05, 4.69) is 4.84 Å². The van der Waals surface area contributed by atoms with Crippen molar-refractivity contribution in [3.63, 3.8) is 0 Å². The van der Waals surface area contributed by atoms with Crippen LogP contribution in [0, 0.1) is 0 Å². The maximum absolute atomic E-state index is 12.2. The zero-order valence-electron chi connectivity index (χ0n) is 13.0. The van der Waals surface area contributed by atoms with Crippen molar-refractivity contribution in [3.05, 3.63) is 35.4 Å². The number of aliphatic hydroxyl groups excluding tert-OH is 1. The van der Waals surface area contributed by atoms with E-state index in [1.165, 1.54) is 12.1 Å². The van der Waals surface area contributed by atoms with Gasteiger partial charge >= 0.3 is 5.97 Å². The number of hydrogen-bond acceptors (Lipinski definition) is 7. The Bertz CT molecular complexity index is 737. The number of fused-ring (bicyclic) bond motifs is 1. The lowest BCUT2D eigenvalue weighted by Crippen LogP contribution is -2.39. The minimum atomic E-state index is -1.69. The van der Waals surface area contributed by atoms with Crippen molar-refractivity contribution >= 4 is 29.6 Å². The third kappa shape index (κ3) is 3.01. The van der Waals surface area contributed by atoms with Crippen LogP contribution in [0.5, 0.6) is 0 Å². The number of rotatable bonds is 5. The first kappa shape index (κ1) is 16.8. The van der Waals surface area contributed by atoms with E-state index in [1.54, 1.807) is 12.1 Å². The number of imide groups is 2. The summed E-state index contributed by atoms with van der Waals surface area (Å²) >= 11 is 0. The van der Waals surface area contributed by atoms with Gasteiger partial charge in [-0.2, -0.15) is 0 Å². The van der Waals surface area contributed by atoms with E-state index in [1.807, 2.05) is 0 Å². The van der Waals surface area contributed by atoms with Crippen molar-refractivity contribution < 1.29 is 33.9 Å². The van der Waals surface area contributed by atoms with E-state index in [-0.39, 0.29) is 36.9 Å². The van der Waals surface area contributed by atoms with Gasteiger partial charge in [0.1, 0.15) is 0 Å². The zero-order chi connectivity index (χ0) is 18.1. The molecule has 0 aliphatic carbocycles. The molecular formula is C16H14N2O7. The number of carbonyl (C=O) groups excluding carboxylic acids is 5. The van der Waals surface area contributed by atoms with E-state index in [4.69, 9.17) is 0 Å². The Morgan fingerprint density at radius 3 is 2.08 bits per heavy atom. The van der Waals surface area contributed by atoms with Crippen molar-refractivity contribution in [3.8, 4) is 0 Å². The highest BCUT2D eigenvalue weighted by atomic mass is 16.7. The summed E-state index contributed by atoms with van der Waals surface area (Å²) in [6, 6.07) is 6.29. The minimum Gasteiger partial charge on any atom is -0.381 e. The van der Waals surface area contributed by atoms with Gasteiger partial charge in [-0.25, -0.2) is 4.79 Å². The van der Waals surface area contributed by atoms with Crippen LogP contribution < -0.4 is 0 Å². The van der Waals surface area contributed by atoms with Gasteiger partial charge in [0.25, 0.3) is 23.6 Å². The second kappa shape index (κ2) is 6.44. The van der Waals surface area contributed by atoms with Crippen molar-refractivity contribution in [2.24, 2.45) is 0 Å². The fourth-order valence-electron chi connectivity index (χ4n) is 2.62. The molecule has 1 unspecified atom stereocenters. The molecule has 9 heteroatoms. The summed E-state index contributed by atoms with van der Waals surface area (Å²) in [6.45, 7) is -0.204. The fourth-order valence-corrected chi connectivity index (χ4v) is 2.62. The molecule has 1 saturated heterocycles. The van der Waals surface area contributed by atoms with Crippen LogP contribution >= 0.6 is 0 Å². The number of hydroxylamine groups is 2. The Morgan fingerprint density at radius 1 is 1.04 bits per heavy atom. The van der Waals surface area contributed by atoms with Gasteiger partial charge in [0.2, 0.25) is 0 Å². The lowest BCUT2D eigenvalue weighted by atomic mass is 10.1. The van der Waals surface area contributed by atoms with Gasteiger partial charge in [-0.05, 0) is 12.1 Å². The quantitative estimate of drug-likeness (QED) is 0.723. The van der Waals surface area contributed by atoms with Crippen molar-refractivity contribution in [1.82, 2.24) is 9.96 Å². The molecule has 0 bridgehead atoms. The fraction of sp³-hybridized carbons (Fsp3) is 0.312. The van der Waals surface area contributed by atoms with E-state index in [0.717, 1.165) is 4.90 Å². The summed E-state index contributed by atoms with van der Waals surface area (Å²) < 4.78 is 0. The second-order valence-corrected chi connectivity index (χ2v) is 5.60. The average molecular weight is 346 g/mol. The number of carbonyl (C=O) groups is 5. The molecule has 0 saturated carbocycles. The molecule has 1 N–H and O–H groups in total. The molecular weight excluding hydrogens is 332 g/mol. The Labute approximate surface area is 141 Å². The highest BCUT2D eigenvalue weighted by Crippen LogP contribution is 2.23. The maximum atomic E-state index is 12.2. The Balaban J connectivity index is 1.58. The SMILES string of the molecule is O=C(ON1C(=O)CCC1=O)C(O)CCN1C(=O)c2ccccc2C1=O. The lowest BCUT2D eigenvalue weighted by molar-refractivity contribution is -0.203. The van der Waals surface area contributed by atoms with Crippen LogP contribution in [-0.4, -0.2) is 57.3 Å². The monoisotopic (exact) mass is 346 g/mol. The standard InChI is InChI=1S/C16H14N2O7/c19-11(16(24)25-18-12(20)5-6-13(18)21)7-8-17-14(22)9-3-1-2-4-10(9)15(17)23/h1-4,11,19H,5-8H2. The van der Waals surface area contributed by atoms with E-state index in [9.17, 15) is 29.1 Å². The topological polar surface area (TPSA) is 121 Å². The van der Waals surface area contributed by atoms with Crippen LogP contribution in [0.2, 0.25) is 0 Å². The van der Waals surface area contributed by atoms with Gasteiger partial charge in [-0.1, -0.05) is 12.1 Å². The van der Waals surface area contributed by atoms with Crippen molar-refractivity contribution in [2.45, 2.75) is 25.4 Å². The molecule has 0 radical (unpaired) electrons. The summed E-state index contributed by atoms with van der Waals surface area (Å²) in [5.74, 6) is -3.53. The number of hydrogen-bond donors (Lipinski definition) is 1. The van der Waals surface area contributed by atoms with Gasteiger partial charge in [0, 0.05) is 25.8 Å². The lowest BCUT2D eigenvalue weighted by Gasteiger charge is -2.18. The van der Waals surface area contributed by atoms with E-state index in [0.29, 0.717) is 5.06 Å². The molecule has 130 valence electrons. The summed E-state index contributed by atoms with van der Waals surface area (Å²) in [5, 5.41) is 10.2. The summed E-state index contributed by atoms with van der Waals surface area (Å²) in [4.78, 5) is 64.3. The molecule has 3 rings (SSSR count). The van der Waals surface area contributed by atoms with Crippen LogP contribution in [0.25, 0.3) is 0 Å². The van der Waals surface area contributed by atoms with Gasteiger partial charge in [-0.15, -0.1) is 5.06 Å². The Kier molecular flexibility index (Phi) is 4.32. The molecule has 4 amide bonds. The number of aliphatic hydroxyl groups is 1. The minimum absolute atomic E-state index is 0.0583. The third-order valence-electron chi connectivity index (χ3n) is 3.96. The molecule has 0 spiro atoms. The predicted molar refractivity (Wildman–Crippen MR) is 79.6 cm³/mol. The number of nitrogens with zero attached hydrogens (tertiary/aromatic N) is 2. The first-order chi connectivity index (χ1) is 11.9. The molecule has 2 aliphatic rings. The molecule has 9 nitrogen and oxygen atoms in total. The summed E-state index contributed by atoms with van der Waals surface area (Å²) in [6.07, 6.45) is -2.08. The van der Waals surface area contributed by atoms with Crippen LogP contribution in [0.4, 0.5) is 0 Å². The Hall–Kier alpha value is -3.07. The average Bonchev–Trinajstić information content (AvgIpc) is 3.04. The smallest absolute Gasteiger partial charge is 0.361 e. The maximum Gasteiger partial charge on any atom is 0.361 e. The molecule has 2 aliphatic heterocycles. The highest BCUT2D eigenvalue weighted by Gasteiger charge is 2.37. The van der Waals surface area contributed by atoms with Crippen molar-refractivity contribution in [2.75, 3.05) is 6.54 Å². The van der Waals surface area contributed by atoms with Crippen LogP contribution in [0.3, 0.4) is 0 Å². The van der Waals surface area contributed by atoms with Crippen LogP contribution in [-0.2, 0) is 19.2 Å². The van der Waals surface area contributed by atoms with Crippen LogP contribution in [0.15, 0.2) is 24.3 Å². The predicted octanol–water partition coefficient (Wildman–Crippen LogP) is -0.359. The molecule has 2 heterocycles. The van der Waals surface area contributed by atoms with Gasteiger partial charge in [-0.3, -0.25) is 24.1 Å². The molecule has 0 aromatic heterocycles. The van der Waals surface area contributed by atoms with Crippen molar-refractivity contribution in [1.29, 1.82) is 0 Å². The molecule has 25 heavy (non-hydrogen) atoms. The summed E-state index contributed by atoms with van der Waals surface area (Å²) in [7, 11) is 0. The van der Waals surface area contributed by atoms with E-state index >= 15 is 0 Å². The van der Waals surface area contributed by atoms with Gasteiger partial charge < -0.3 is 9.94 Å². The van der Waals surface area contributed by atoms with Crippen LogP contribution in [0.1, 0.15) is 40.0 Å². The third-order valence-corrected chi connectivity index (χ3v) is 3.96. The second-order valence-electron chi connectivity index (χ2n) is 5.60. The number of benzene rings is 1. The molecule has 1 atom stereocenters. The Morgan fingerprint density at radius 2 is 1.56 bits per heavy atom. The molecule has 1 fully saturated rings. The largest absolute Gasteiger partial charge is 0.381 e. The van der Waals surface area contributed by atoms with Gasteiger partial charge in [0.05, 0.1) is 11.1 Å². The number of amides is 4. The normalized spacial score (nSPS) is 18.0. The van der Waals surface area contributed by atoms with E-state index < -0.39 is 35.7 Å². The highest BCUT2D eigenvalue weighted by molar-refractivity contribution is 6.21. The van der Waals surface area contributed by atoms with Gasteiger partial charge in [0.15, 0.2) is 6.10 Å². The first-order valence-corrected chi connectivity index (χ1v) is 7.61.